The summed E-state index contributed by atoms with van der Waals surface area (Å²) >= 11 is 0. The van der Waals surface area contributed by atoms with Crippen molar-refractivity contribution in [2.24, 2.45) is 5.92 Å². The molecule has 1 fully saturated rings. The fourth-order valence-corrected chi connectivity index (χ4v) is 3.01. The highest BCUT2D eigenvalue weighted by Gasteiger charge is 2.27. The third kappa shape index (κ3) is 3.32. The molecule has 1 aliphatic heterocycles. The highest BCUT2D eigenvalue weighted by atomic mass is 16.5. The zero-order valence-electron chi connectivity index (χ0n) is 13.7. The van der Waals surface area contributed by atoms with E-state index in [1.807, 2.05) is 18.2 Å². The molecule has 0 saturated heterocycles. The van der Waals surface area contributed by atoms with E-state index in [-0.39, 0.29) is 0 Å². The molecule has 2 heterocycles. The fourth-order valence-electron chi connectivity index (χ4n) is 3.01. The number of rotatable bonds is 5. The third-order valence-corrected chi connectivity index (χ3v) is 4.72. The summed E-state index contributed by atoms with van der Waals surface area (Å²) in [4.78, 5) is 7.94. The largest absolute Gasteiger partial charge is 0.491 e. The highest BCUT2D eigenvalue weighted by Crippen LogP contribution is 2.31. The molecule has 0 atom stereocenters. The number of anilines is 2. The molecule has 1 aromatic carbocycles. The Balaban J connectivity index is 1.51. The Morgan fingerprint density at radius 1 is 1.36 bits per heavy atom. The van der Waals surface area contributed by atoms with E-state index in [0.717, 1.165) is 16.7 Å². The standard InChI is InChI=1S/C18H18BN3O3/c1-20-16-7-8-17(22-18(16)24-10-12-3-2-4-12)21-14-5-6-15-13(9-14)11-25-19(15)23/h5-9,12,23H,2-4,10-11H2,(H,21,22). The number of pyridine rings is 1. The van der Waals surface area contributed by atoms with E-state index in [2.05, 4.69) is 15.1 Å². The minimum absolute atomic E-state index is 0.381. The van der Waals surface area contributed by atoms with Gasteiger partial charge in [0, 0.05) is 5.69 Å². The Hall–Kier alpha value is -2.56. The number of nitrogens with one attached hydrogen (secondary N) is 1. The molecule has 0 unspecified atom stereocenters. The van der Waals surface area contributed by atoms with Crippen molar-refractivity contribution in [2.75, 3.05) is 11.9 Å². The van der Waals surface area contributed by atoms with E-state index < -0.39 is 7.12 Å². The molecule has 0 radical (unpaired) electrons. The minimum Gasteiger partial charge on any atom is -0.486 e. The third-order valence-electron chi connectivity index (χ3n) is 4.72. The molecule has 1 aliphatic carbocycles. The predicted octanol–water partition coefficient (Wildman–Crippen LogP) is 2.77. The molecule has 6 nitrogen and oxygen atoms in total. The summed E-state index contributed by atoms with van der Waals surface area (Å²) in [5, 5.41) is 12.9. The van der Waals surface area contributed by atoms with Gasteiger partial charge in [0.1, 0.15) is 5.82 Å². The van der Waals surface area contributed by atoms with Crippen LogP contribution in [-0.4, -0.2) is 23.7 Å². The summed E-state index contributed by atoms with van der Waals surface area (Å²) in [7, 11) is -0.841. The van der Waals surface area contributed by atoms with E-state index in [9.17, 15) is 5.02 Å². The second-order valence-corrected chi connectivity index (χ2v) is 6.44. The lowest BCUT2D eigenvalue weighted by Gasteiger charge is -2.25. The van der Waals surface area contributed by atoms with Crippen LogP contribution in [0.4, 0.5) is 17.2 Å². The maximum Gasteiger partial charge on any atom is 0.491 e. The van der Waals surface area contributed by atoms with Crippen molar-refractivity contribution in [1.82, 2.24) is 4.98 Å². The van der Waals surface area contributed by atoms with Gasteiger partial charge in [0.15, 0.2) is 0 Å². The molecule has 25 heavy (non-hydrogen) atoms. The Bertz CT molecular complexity index is 833. The van der Waals surface area contributed by atoms with Crippen LogP contribution in [0, 0.1) is 12.5 Å². The van der Waals surface area contributed by atoms with Crippen LogP contribution in [0.2, 0.25) is 0 Å². The van der Waals surface area contributed by atoms with Crippen LogP contribution in [-0.2, 0) is 11.3 Å². The van der Waals surface area contributed by atoms with Gasteiger partial charge in [-0.05, 0) is 54.1 Å². The first-order valence-electron chi connectivity index (χ1n) is 8.44. The first-order chi connectivity index (χ1) is 12.2. The van der Waals surface area contributed by atoms with Crippen molar-refractivity contribution in [3.63, 3.8) is 0 Å². The maximum atomic E-state index is 9.69. The average molecular weight is 335 g/mol. The van der Waals surface area contributed by atoms with Gasteiger partial charge < -0.3 is 19.7 Å². The second-order valence-electron chi connectivity index (χ2n) is 6.44. The lowest BCUT2D eigenvalue weighted by Crippen LogP contribution is -2.27. The molecule has 2 aliphatic rings. The van der Waals surface area contributed by atoms with Gasteiger partial charge >= 0.3 is 7.12 Å². The Labute approximate surface area is 146 Å². The molecule has 7 heteroatoms. The van der Waals surface area contributed by atoms with Gasteiger partial charge in [0.2, 0.25) is 11.6 Å². The van der Waals surface area contributed by atoms with E-state index in [1.165, 1.54) is 19.3 Å². The van der Waals surface area contributed by atoms with Gasteiger partial charge in [-0.2, -0.15) is 0 Å². The number of fused-ring (bicyclic) bond motifs is 1. The zero-order chi connectivity index (χ0) is 17.2. The number of benzene rings is 1. The summed E-state index contributed by atoms with van der Waals surface area (Å²) in [5.41, 5.74) is 3.03. The second kappa shape index (κ2) is 6.75. The molecule has 126 valence electrons. The maximum absolute atomic E-state index is 9.69. The van der Waals surface area contributed by atoms with Crippen molar-refractivity contribution in [1.29, 1.82) is 0 Å². The van der Waals surface area contributed by atoms with Crippen molar-refractivity contribution in [3.05, 3.63) is 47.3 Å². The van der Waals surface area contributed by atoms with Crippen molar-refractivity contribution >= 4 is 29.8 Å². The van der Waals surface area contributed by atoms with Crippen LogP contribution in [0.5, 0.6) is 5.88 Å². The van der Waals surface area contributed by atoms with Crippen molar-refractivity contribution in [3.8, 4) is 5.88 Å². The van der Waals surface area contributed by atoms with E-state index >= 15 is 0 Å². The minimum atomic E-state index is -0.841. The average Bonchev–Trinajstić information content (AvgIpc) is 2.94. The van der Waals surface area contributed by atoms with Gasteiger partial charge in [-0.15, -0.1) is 0 Å². The summed E-state index contributed by atoms with van der Waals surface area (Å²) in [6.45, 7) is 8.28. The highest BCUT2D eigenvalue weighted by molar-refractivity contribution is 6.61. The normalized spacial score (nSPS) is 16.1. The van der Waals surface area contributed by atoms with Gasteiger partial charge in [-0.3, -0.25) is 0 Å². The van der Waals surface area contributed by atoms with Crippen LogP contribution in [0.1, 0.15) is 24.8 Å². The number of hydrogen-bond acceptors (Lipinski definition) is 5. The monoisotopic (exact) mass is 335 g/mol. The summed E-state index contributed by atoms with van der Waals surface area (Å²) in [5.74, 6) is 1.59. The molecule has 0 amide bonds. The lowest BCUT2D eigenvalue weighted by molar-refractivity contribution is 0.177. The smallest absolute Gasteiger partial charge is 0.486 e. The molecule has 0 bridgehead atoms. The number of ether oxygens (including phenoxy) is 1. The lowest BCUT2D eigenvalue weighted by atomic mass is 9.79. The molecule has 2 N–H and O–H groups in total. The molecule has 1 saturated carbocycles. The van der Waals surface area contributed by atoms with E-state index in [1.54, 1.807) is 12.1 Å². The van der Waals surface area contributed by atoms with Crippen LogP contribution in [0.3, 0.4) is 0 Å². The van der Waals surface area contributed by atoms with Crippen molar-refractivity contribution < 1.29 is 14.4 Å². The Kier molecular flexibility index (Phi) is 4.30. The van der Waals surface area contributed by atoms with Crippen LogP contribution < -0.4 is 15.5 Å². The van der Waals surface area contributed by atoms with Crippen LogP contribution in [0.15, 0.2) is 30.3 Å². The first kappa shape index (κ1) is 15.9. The molecular weight excluding hydrogens is 317 g/mol. The first-order valence-corrected chi connectivity index (χ1v) is 8.44. The van der Waals surface area contributed by atoms with Gasteiger partial charge in [0.25, 0.3) is 0 Å². The predicted molar refractivity (Wildman–Crippen MR) is 95.5 cm³/mol. The number of hydrogen-bond donors (Lipinski definition) is 2. The van der Waals surface area contributed by atoms with E-state index in [0.29, 0.717) is 36.5 Å². The van der Waals surface area contributed by atoms with Crippen LogP contribution in [0.25, 0.3) is 4.85 Å². The molecule has 4 rings (SSSR count). The summed E-state index contributed by atoms with van der Waals surface area (Å²) in [6, 6.07) is 9.14. The van der Waals surface area contributed by atoms with Gasteiger partial charge in [-0.25, -0.2) is 9.83 Å². The molecule has 1 aromatic heterocycles. The number of aromatic nitrogens is 1. The van der Waals surface area contributed by atoms with Crippen LogP contribution >= 0.6 is 0 Å². The quantitative estimate of drug-likeness (QED) is 0.650. The van der Waals surface area contributed by atoms with Crippen molar-refractivity contribution in [2.45, 2.75) is 25.9 Å². The SMILES string of the molecule is [C-]#[N+]c1ccc(Nc2ccc3c(c2)COB3O)nc1OCC1CCC1. The summed E-state index contributed by atoms with van der Waals surface area (Å²) in [6.07, 6.45) is 3.64. The molecule has 0 spiro atoms. The van der Waals surface area contributed by atoms with Gasteiger partial charge in [-0.1, -0.05) is 12.5 Å². The summed E-state index contributed by atoms with van der Waals surface area (Å²) < 4.78 is 11.0. The topological polar surface area (TPSA) is 68.0 Å². The van der Waals surface area contributed by atoms with E-state index in [4.69, 9.17) is 16.0 Å². The Morgan fingerprint density at radius 2 is 2.24 bits per heavy atom. The Morgan fingerprint density at radius 3 is 3.00 bits per heavy atom. The fraction of sp³-hybridized carbons (Fsp3) is 0.333. The molecule has 2 aromatic rings. The van der Waals surface area contributed by atoms with Gasteiger partial charge in [0.05, 0.1) is 19.8 Å². The number of nitrogens with zero attached hydrogens (tertiary/aromatic N) is 2. The zero-order valence-corrected chi connectivity index (χ0v) is 13.7. The molecular formula is C18H18BN3O3.